The number of Topliss-reactive ketones (excluding diaryl/α,β-unsaturated/α-hetero) is 1. The zero-order valence-electron chi connectivity index (χ0n) is 9.69. The highest BCUT2D eigenvalue weighted by Crippen LogP contribution is 2.16. The lowest BCUT2D eigenvalue weighted by Gasteiger charge is -2.17. The highest BCUT2D eigenvalue weighted by Gasteiger charge is 2.18. The molecular formula is C12H9BrN3O3-. The van der Waals surface area contributed by atoms with E-state index in [0.717, 1.165) is 9.15 Å². The van der Waals surface area contributed by atoms with Crippen molar-refractivity contribution in [1.82, 2.24) is 14.8 Å². The fraction of sp³-hybridized carbons (Fsp3) is 0.167. The number of benzene rings is 1. The van der Waals surface area contributed by atoms with Crippen LogP contribution in [0.15, 0.2) is 41.4 Å². The summed E-state index contributed by atoms with van der Waals surface area (Å²) in [6.45, 7) is 0. The number of halogens is 1. The summed E-state index contributed by atoms with van der Waals surface area (Å²) in [5.74, 6) is -1.66. The van der Waals surface area contributed by atoms with Crippen LogP contribution in [0.25, 0.3) is 0 Å². The van der Waals surface area contributed by atoms with E-state index in [9.17, 15) is 14.7 Å². The van der Waals surface area contributed by atoms with Crippen molar-refractivity contribution in [2.24, 2.45) is 0 Å². The molecule has 0 aliphatic carbocycles. The molecule has 0 radical (unpaired) electrons. The third-order valence-corrected chi connectivity index (χ3v) is 3.10. The zero-order valence-corrected chi connectivity index (χ0v) is 11.3. The Balaban J connectivity index is 2.16. The second-order valence-electron chi connectivity index (χ2n) is 3.84. The number of hydrogen-bond acceptors (Lipinski definition) is 5. The number of aliphatic carboxylic acids is 1. The fourth-order valence-electron chi connectivity index (χ4n) is 1.59. The number of carboxylic acids is 1. The Labute approximate surface area is 117 Å². The van der Waals surface area contributed by atoms with Crippen LogP contribution in [0, 0.1) is 0 Å². The molecule has 6 nitrogen and oxygen atoms in total. The number of carboxylic acid groups (broad SMARTS) is 1. The standard InChI is InChI=1S/C12H10BrN3O3/c13-9-3-1-8(2-4-9)11(17)5-10(12(18)19)16-7-14-6-15-16/h1-4,6-7,10H,5H2,(H,18,19)/p-1/t10-/m1/s1. The Morgan fingerprint density at radius 1 is 1.32 bits per heavy atom. The molecule has 1 aromatic heterocycles. The molecule has 0 N–H and O–H groups in total. The smallest absolute Gasteiger partial charge is 0.165 e. The van der Waals surface area contributed by atoms with E-state index in [1.54, 1.807) is 24.3 Å². The molecule has 0 saturated heterocycles. The van der Waals surface area contributed by atoms with Crippen LogP contribution in [-0.4, -0.2) is 26.5 Å². The Kier molecular flexibility index (Phi) is 4.06. The van der Waals surface area contributed by atoms with E-state index >= 15 is 0 Å². The van der Waals surface area contributed by atoms with Gasteiger partial charge in [0.05, 0.1) is 5.97 Å². The molecule has 0 spiro atoms. The summed E-state index contributed by atoms with van der Waals surface area (Å²) < 4.78 is 1.95. The van der Waals surface area contributed by atoms with E-state index in [0.29, 0.717) is 5.56 Å². The lowest BCUT2D eigenvalue weighted by atomic mass is 10.0. The van der Waals surface area contributed by atoms with Crippen molar-refractivity contribution in [1.29, 1.82) is 0 Å². The van der Waals surface area contributed by atoms with Crippen molar-refractivity contribution in [2.45, 2.75) is 12.5 Å². The molecule has 98 valence electrons. The number of hydrogen-bond donors (Lipinski definition) is 0. The summed E-state index contributed by atoms with van der Waals surface area (Å²) in [4.78, 5) is 26.7. The van der Waals surface area contributed by atoms with Crippen LogP contribution in [0.4, 0.5) is 0 Å². The molecule has 0 aliphatic rings. The summed E-state index contributed by atoms with van der Waals surface area (Å²) >= 11 is 3.26. The molecule has 19 heavy (non-hydrogen) atoms. The second kappa shape index (κ2) is 5.75. The predicted octanol–water partition coefficient (Wildman–Crippen LogP) is 0.605. The molecule has 0 saturated carbocycles. The third-order valence-electron chi connectivity index (χ3n) is 2.57. The molecule has 2 aromatic rings. The van der Waals surface area contributed by atoms with Crippen LogP contribution in [0.1, 0.15) is 22.8 Å². The number of carbonyl (C=O) groups excluding carboxylic acids is 2. The minimum absolute atomic E-state index is 0.229. The first-order chi connectivity index (χ1) is 9.08. The Bertz CT molecular complexity index is 581. The number of ketones is 1. The van der Waals surface area contributed by atoms with Crippen molar-refractivity contribution < 1.29 is 14.7 Å². The second-order valence-corrected chi connectivity index (χ2v) is 4.76. The quantitative estimate of drug-likeness (QED) is 0.752. The molecule has 0 aliphatic heterocycles. The van der Waals surface area contributed by atoms with Gasteiger partial charge in [-0.05, 0) is 12.1 Å². The van der Waals surface area contributed by atoms with Gasteiger partial charge in [-0.2, -0.15) is 5.10 Å². The van der Waals surface area contributed by atoms with Crippen molar-refractivity contribution in [3.63, 3.8) is 0 Å². The van der Waals surface area contributed by atoms with Crippen LogP contribution in [0.2, 0.25) is 0 Å². The predicted molar refractivity (Wildman–Crippen MR) is 67.2 cm³/mol. The van der Waals surface area contributed by atoms with Crippen molar-refractivity contribution in [3.8, 4) is 0 Å². The van der Waals surface area contributed by atoms with E-state index in [-0.39, 0.29) is 12.2 Å². The maximum Gasteiger partial charge on any atom is 0.165 e. The maximum atomic E-state index is 12.0. The summed E-state index contributed by atoms with van der Waals surface area (Å²) in [5, 5.41) is 14.8. The molecule has 0 unspecified atom stereocenters. The van der Waals surface area contributed by atoms with Crippen LogP contribution >= 0.6 is 15.9 Å². The van der Waals surface area contributed by atoms with Gasteiger partial charge in [0.15, 0.2) is 5.78 Å². The van der Waals surface area contributed by atoms with E-state index in [1.807, 2.05) is 0 Å². The average molecular weight is 323 g/mol. The summed E-state index contributed by atoms with van der Waals surface area (Å²) in [5.41, 5.74) is 0.439. The van der Waals surface area contributed by atoms with Crippen molar-refractivity contribution >= 4 is 27.7 Å². The van der Waals surface area contributed by atoms with Crippen LogP contribution in [0.5, 0.6) is 0 Å². The molecule has 0 fully saturated rings. The van der Waals surface area contributed by atoms with Gasteiger partial charge in [-0.3, -0.25) is 4.79 Å². The topological polar surface area (TPSA) is 87.9 Å². The fourth-order valence-corrected chi connectivity index (χ4v) is 1.86. The van der Waals surface area contributed by atoms with Crippen LogP contribution in [-0.2, 0) is 4.79 Å². The highest BCUT2D eigenvalue weighted by atomic mass is 79.9. The van der Waals surface area contributed by atoms with E-state index in [1.165, 1.54) is 12.7 Å². The van der Waals surface area contributed by atoms with Gasteiger partial charge < -0.3 is 9.90 Å². The first kappa shape index (κ1) is 13.4. The Hall–Kier alpha value is -2.02. The van der Waals surface area contributed by atoms with Crippen LogP contribution < -0.4 is 5.11 Å². The largest absolute Gasteiger partial charge is 0.548 e. The first-order valence-corrected chi connectivity index (χ1v) is 6.21. The Morgan fingerprint density at radius 3 is 2.53 bits per heavy atom. The van der Waals surface area contributed by atoms with Gasteiger partial charge in [0.2, 0.25) is 0 Å². The van der Waals surface area contributed by atoms with Crippen LogP contribution in [0.3, 0.4) is 0 Å². The maximum absolute atomic E-state index is 12.0. The van der Waals surface area contributed by atoms with Gasteiger partial charge in [0.1, 0.15) is 18.7 Å². The molecular weight excluding hydrogens is 314 g/mol. The molecule has 1 heterocycles. The zero-order chi connectivity index (χ0) is 13.8. The van der Waals surface area contributed by atoms with Gasteiger partial charge in [-0.25, -0.2) is 9.67 Å². The summed E-state index contributed by atoms with van der Waals surface area (Å²) in [6, 6.07) is 5.53. The third kappa shape index (κ3) is 3.25. The van der Waals surface area contributed by atoms with E-state index in [4.69, 9.17) is 0 Å². The number of rotatable bonds is 5. The number of aromatic nitrogens is 3. The normalized spacial score (nSPS) is 12.1. The number of carbonyl (C=O) groups is 2. The minimum atomic E-state index is -1.36. The Morgan fingerprint density at radius 2 is 2.00 bits per heavy atom. The monoisotopic (exact) mass is 322 g/mol. The van der Waals surface area contributed by atoms with Gasteiger partial charge in [-0.15, -0.1) is 0 Å². The summed E-state index contributed by atoms with van der Waals surface area (Å²) in [7, 11) is 0. The van der Waals surface area contributed by atoms with Crippen molar-refractivity contribution in [3.05, 3.63) is 47.0 Å². The van der Waals surface area contributed by atoms with Gasteiger partial charge in [0.25, 0.3) is 0 Å². The molecule has 7 heteroatoms. The lowest BCUT2D eigenvalue weighted by molar-refractivity contribution is -0.310. The SMILES string of the molecule is O=C(C[C@H](C(=O)[O-])n1cncn1)c1ccc(Br)cc1. The summed E-state index contributed by atoms with van der Waals surface area (Å²) in [6.07, 6.45) is 2.22. The van der Waals surface area contributed by atoms with Gasteiger partial charge in [-0.1, -0.05) is 28.1 Å². The minimum Gasteiger partial charge on any atom is -0.548 e. The molecule has 0 bridgehead atoms. The number of nitrogens with zero attached hydrogens (tertiary/aromatic N) is 3. The highest BCUT2D eigenvalue weighted by molar-refractivity contribution is 9.10. The molecule has 0 amide bonds. The van der Waals surface area contributed by atoms with Gasteiger partial charge >= 0.3 is 0 Å². The van der Waals surface area contributed by atoms with E-state index < -0.39 is 12.0 Å². The van der Waals surface area contributed by atoms with Crippen molar-refractivity contribution in [2.75, 3.05) is 0 Å². The molecule has 2 rings (SSSR count). The molecule has 1 aromatic carbocycles. The first-order valence-electron chi connectivity index (χ1n) is 5.41. The lowest BCUT2D eigenvalue weighted by Crippen LogP contribution is -2.35. The molecule has 1 atom stereocenters. The average Bonchev–Trinajstić information content (AvgIpc) is 2.89. The van der Waals surface area contributed by atoms with E-state index in [2.05, 4.69) is 26.0 Å². The van der Waals surface area contributed by atoms with Gasteiger partial charge in [0, 0.05) is 16.5 Å².